The maximum absolute atomic E-state index is 6.01. The van der Waals surface area contributed by atoms with Gasteiger partial charge in [0.2, 0.25) is 5.95 Å². The third kappa shape index (κ3) is 3.39. The molecule has 0 aliphatic rings. The summed E-state index contributed by atoms with van der Waals surface area (Å²) in [5, 5.41) is 15.2. The van der Waals surface area contributed by atoms with Gasteiger partial charge in [0, 0.05) is 33.5 Å². The molecule has 0 saturated heterocycles. The number of aromatic amines is 1. The van der Waals surface area contributed by atoms with Crippen LogP contribution < -0.4 is 10.6 Å². The lowest BCUT2D eigenvalue weighted by molar-refractivity contribution is 1.12. The Morgan fingerprint density at radius 2 is 1.88 bits per heavy atom. The van der Waals surface area contributed by atoms with Gasteiger partial charge < -0.3 is 10.6 Å². The second-order valence-electron chi connectivity index (χ2n) is 5.66. The van der Waals surface area contributed by atoms with Crippen LogP contribution in [-0.4, -0.2) is 20.2 Å². The lowest BCUT2D eigenvalue weighted by Crippen LogP contribution is -2.02. The topological polar surface area (TPSA) is 78.5 Å². The molecule has 0 radical (unpaired) electrons. The van der Waals surface area contributed by atoms with E-state index >= 15 is 0 Å². The van der Waals surface area contributed by atoms with Crippen LogP contribution in [0.1, 0.15) is 5.56 Å². The molecule has 0 aliphatic carbocycles. The Kier molecular flexibility index (Phi) is 3.95. The van der Waals surface area contributed by atoms with E-state index in [0.717, 1.165) is 33.7 Å². The number of hydrogen-bond acceptors (Lipinski definition) is 5. The van der Waals surface area contributed by atoms with Crippen LogP contribution in [0.25, 0.3) is 10.9 Å². The van der Waals surface area contributed by atoms with E-state index in [1.165, 1.54) is 0 Å². The van der Waals surface area contributed by atoms with Crippen molar-refractivity contribution < 1.29 is 0 Å². The molecule has 7 heteroatoms. The number of benzene rings is 2. The van der Waals surface area contributed by atoms with Crippen molar-refractivity contribution in [2.75, 3.05) is 10.6 Å². The molecule has 0 bridgehead atoms. The molecule has 0 saturated carbocycles. The fraction of sp³-hybridized carbons (Fsp3) is 0.0556. The van der Waals surface area contributed by atoms with Gasteiger partial charge in [-0.3, -0.25) is 5.10 Å². The van der Waals surface area contributed by atoms with Crippen molar-refractivity contribution in [3.63, 3.8) is 0 Å². The summed E-state index contributed by atoms with van der Waals surface area (Å²) < 4.78 is 0. The van der Waals surface area contributed by atoms with E-state index in [0.29, 0.717) is 11.0 Å². The van der Waals surface area contributed by atoms with E-state index in [1.807, 2.05) is 49.4 Å². The molecule has 0 amide bonds. The van der Waals surface area contributed by atoms with Gasteiger partial charge in [-0.25, -0.2) is 4.98 Å². The van der Waals surface area contributed by atoms with E-state index in [2.05, 4.69) is 30.8 Å². The Morgan fingerprint density at radius 1 is 1.00 bits per heavy atom. The lowest BCUT2D eigenvalue weighted by atomic mass is 10.2. The number of halogens is 1. The van der Waals surface area contributed by atoms with Crippen molar-refractivity contribution in [2.24, 2.45) is 0 Å². The summed E-state index contributed by atoms with van der Waals surface area (Å²) in [4.78, 5) is 8.88. The SMILES string of the molecule is Cc1cnc(Nc2cccc(Cl)c2)nc1Nc1ccc2cn[nH]c2c1. The zero-order valence-electron chi connectivity index (χ0n) is 13.4. The third-order valence-electron chi connectivity index (χ3n) is 3.76. The number of aryl methyl sites for hydroxylation is 1. The fourth-order valence-corrected chi connectivity index (χ4v) is 2.67. The second kappa shape index (κ2) is 6.41. The molecule has 0 atom stereocenters. The molecular weight excluding hydrogens is 336 g/mol. The fourth-order valence-electron chi connectivity index (χ4n) is 2.48. The van der Waals surface area contributed by atoms with Gasteiger partial charge in [0.25, 0.3) is 0 Å². The first-order valence-electron chi connectivity index (χ1n) is 7.74. The largest absolute Gasteiger partial charge is 0.340 e. The van der Waals surface area contributed by atoms with E-state index in [4.69, 9.17) is 11.6 Å². The van der Waals surface area contributed by atoms with Crippen LogP contribution in [0.3, 0.4) is 0 Å². The number of fused-ring (bicyclic) bond motifs is 1. The molecule has 6 nitrogen and oxygen atoms in total. The first kappa shape index (κ1) is 15.4. The van der Waals surface area contributed by atoms with Gasteiger partial charge in [-0.2, -0.15) is 10.1 Å². The van der Waals surface area contributed by atoms with Gasteiger partial charge in [0.1, 0.15) is 5.82 Å². The van der Waals surface area contributed by atoms with Crippen LogP contribution in [0, 0.1) is 6.92 Å². The van der Waals surface area contributed by atoms with E-state index in [1.54, 1.807) is 12.4 Å². The molecule has 2 aromatic carbocycles. The minimum absolute atomic E-state index is 0.498. The molecule has 3 N–H and O–H groups in total. The molecule has 124 valence electrons. The summed E-state index contributed by atoms with van der Waals surface area (Å²) in [5.74, 6) is 1.23. The molecule has 0 fully saturated rings. The predicted octanol–water partition coefficient (Wildman–Crippen LogP) is 4.80. The average Bonchev–Trinajstić information content (AvgIpc) is 3.06. The van der Waals surface area contributed by atoms with Crippen LogP contribution in [0.5, 0.6) is 0 Å². The van der Waals surface area contributed by atoms with E-state index < -0.39 is 0 Å². The summed E-state index contributed by atoms with van der Waals surface area (Å²) in [6.07, 6.45) is 3.57. The number of anilines is 4. The Labute approximate surface area is 149 Å². The average molecular weight is 351 g/mol. The lowest BCUT2D eigenvalue weighted by Gasteiger charge is -2.11. The van der Waals surface area contributed by atoms with Gasteiger partial charge in [0.15, 0.2) is 0 Å². The van der Waals surface area contributed by atoms with Gasteiger partial charge in [-0.05, 0) is 43.3 Å². The van der Waals surface area contributed by atoms with Crippen LogP contribution >= 0.6 is 11.6 Å². The quantitative estimate of drug-likeness (QED) is 0.492. The van der Waals surface area contributed by atoms with Crippen molar-refractivity contribution in [3.8, 4) is 0 Å². The van der Waals surface area contributed by atoms with Crippen molar-refractivity contribution in [1.29, 1.82) is 0 Å². The zero-order chi connectivity index (χ0) is 17.2. The van der Waals surface area contributed by atoms with Crippen molar-refractivity contribution >= 4 is 45.6 Å². The van der Waals surface area contributed by atoms with Crippen LogP contribution in [-0.2, 0) is 0 Å². The minimum atomic E-state index is 0.498. The summed E-state index contributed by atoms with van der Waals surface area (Å²) in [5.41, 5.74) is 3.67. The number of nitrogens with one attached hydrogen (secondary N) is 3. The van der Waals surface area contributed by atoms with Crippen LogP contribution in [0.15, 0.2) is 54.9 Å². The monoisotopic (exact) mass is 350 g/mol. The molecule has 0 unspecified atom stereocenters. The van der Waals surface area contributed by atoms with Crippen molar-refractivity contribution in [3.05, 3.63) is 65.4 Å². The molecule has 25 heavy (non-hydrogen) atoms. The summed E-state index contributed by atoms with van der Waals surface area (Å²) in [7, 11) is 0. The zero-order valence-corrected chi connectivity index (χ0v) is 14.2. The summed E-state index contributed by atoms with van der Waals surface area (Å²) >= 11 is 6.01. The number of nitrogens with zero attached hydrogens (tertiary/aromatic N) is 3. The molecule has 4 rings (SSSR count). The highest BCUT2D eigenvalue weighted by molar-refractivity contribution is 6.30. The number of aromatic nitrogens is 4. The van der Waals surface area contributed by atoms with Gasteiger partial charge in [0.05, 0.1) is 11.7 Å². The molecular formula is C18H15ClN6. The molecule has 2 aromatic heterocycles. The number of rotatable bonds is 4. The Balaban J connectivity index is 1.60. The first-order valence-corrected chi connectivity index (χ1v) is 8.11. The summed E-state index contributed by atoms with van der Waals surface area (Å²) in [6.45, 7) is 1.96. The van der Waals surface area contributed by atoms with Gasteiger partial charge in [-0.1, -0.05) is 17.7 Å². The maximum atomic E-state index is 6.01. The van der Waals surface area contributed by atoms with Crippen LogP contribution in [0.2, 0.25) is 5.02 Å². The molecule has 0 spiro atoms. The third-order valence-corrected chi connectivity index (χ3v) is 3.99. The normalized spacial score (nSPS) is 10.8. The standard InChI is InChI=1S/C18H15ClN6/c1-11-9-20-18(23-14-4-2-3-13(19)7-14)24-17(11)22-15-6-5-12-10-21-25-16(12)8-15/h2-10H,1H3,(H,21,25)(H2,20,22,23,24). The Bertz CT molecular complexity index is 1040. The minimum Gasteiger partial charge on any atom is -0.340 e. The maximum Gasteiger partial charge on any atom is 0.229 e. The number of H-pyrrole nitrogens is 1. The highest BCUT2D eigenvalue weighted by atomic mass is 35.5. The number of hydrogen-bond donors (Lipinski definition) is 3. The highest BCUT2D eigenvalue weighted by Crippen LogP contribution is 2.24. The first-order chi connectivity index (χ1) is 12.2. The van der Waals surface area contributed by atoms with Crippen molar-refractivity contribution in [1.82, 2.24) is 20.2 Å². The summed E-state index contributed by atoms with van der Waals surface area (Å²) in [6, 6.07) is 13.4. The molecule has 4 aromatic rings. The molecule has 0 aliphatic heterocycles. The Hall–Kier alpha value is -3.12. The van der Waals surface area contributed by atoms with Crippen LogP contribution in [0.4, 0.5) is 23.1 Å². The van der Waals surface area contributed by atoms with Gasteiger partial charge >= 0.3 is 0 Å². The Morgan fingerprint density at radius 3 is 2.76 bits per heavy atom. The second-order valence-corrected chi connectivity index (χ2v) is 6.09. The van der Waals surface area contributed by atoms with E-state index in [9.17, 15) is 0 Å². The van der Waals surface area contributed by atoms with Crippen molar-refractivity contribution in [2.45, 2.75) is 6.92 Å². The smallest absolute Gasteiger partial charge is 0.229 e. The molecule has 2 heterocycles. The van der Waals surface area contributed by atoms with E-state index in [-0.39, 0.29) is 0 Å². The predicted molar refractivity (Wildman–Crippen MR) is 101 cm³/mol. The van der Waals surface area contributed by atoms with Gasteiger partial charge in [-0.15, -0.1) is 0 Å². The highest BCUT2D eigenvalue weighted by Gasteiger charge is 2.06.